The quantitative estimate of drug-likeness (QED) is 0.380. The summed E-state index contributed by atoms with van der Waals surface area (Å²) < 4.78 is 0.783. The van der Waals surface area contributed by atoms with Crippen molar-refractivity contribution in [3.05, 3.63) is 93.5 Å². The van der Waals surface area contributed by atoms with Crippen LogP contribution in [0.15, 0.2) is 54.6 Å². The molecule has 2 N–H and O–H groups in total. The maximum Gasteiger partial charge on any atom is 0.254 e. The number of carbonyl (C=O) groups is 3. The van der Waals surface area contributed by atoms with Gasteiger partial charge in [0.1, 0.15) is 15.8 Å². The van der Waals surface area contributed by atoms with Gasteiger partial charge in [-0.3, -0.25) is 14.4 Å². The van der Waals surface area contributed by atoms with Crippen LogP contribution in [0.3, 0.4) is 0 Å². The number of aromatic hydroxyl groups is 2. The second-order valence-corrected chi connectivity index (χ2v) is 10.7. The molecule has 7 nitrogen and oxygen atoms in total. The van der Waals surface area contributed by atoms with Gasteiger partial charge in [0, 0.05) is 48.6 Å². The second kappa shape index (κ2) is 9.99. The van der Waals surface area contributed by atoms with E-state index in [1.165, 1.54) is 41.5 Å². The molecule has 0 spiro atoms. The van der Waals surface area contributed by atoms with E-state index in [-0.39, 0.29) is 39.5 Å². The fraction of sp³-hybridized carbons (Fsp3) is 0.214. The fourth-order valence-corrected chi connectivity index (χ4v) is 5.81. The van der Waals surface area contributed by atoms with Gasteiger partial charge in [0.05, 0.1) is 11.1 Å². The maximum atomic E-state index is 13.3. The van der Waals surface area contributed by atoms with E-state index in [0.29, 0.717) is 26.2 Å². The summed E-state index contributed by atoms with van der Waals surface area (Å²) in [4.78, 5) is 43.0. The Labute approximate surface area is 223 Å². The number of phenolic OH excluding ortho intramolecular Hbond substituents is 2. The molecule has 2 aliphatic rings. The fourth-order valence-electron chi connectivity index (χ4n) is 4.60. The van der Waals surface area contributed by atoms with Gasteiger partial charge in [-0.15, -0.1) is 0 Å². The molecule has 1 aliphatic carbocycles. The zero-order valence-electron chi connectivity index (χ0n) is 20.1. The Hall–Kier alpha value is -3.69. The van der Waals surface area contributed by atoms with Crippen molar-refractivity contribution < 1.29 is 24.6 Å². The minimum Gasteiger partial charge on any atom is -0.507 e. The van der Waals surface area contributed by atoms with Crippen molar-refractivity contribution in [1.29, 1.82) is 0 Å². The van der Waals surface area contributed by atoms with Crippen LogP contribution >= 0.6 is 24.0 Å². The van der Waals surface area contributed by atoms with Crippen molar-refractivity contribution in [2.45, 2.75) is 12.7 Å². The Morgan fingerprint density at radius 3 is 2.22 bits per heavy atom. The standard InChI is InChI=1S/C28H24N2O5S2/c1-16-5-7-17(8-6-16)15-37-28(36)30-11-9-29(10-12-30)27(35)18-13-20-24(22(32)14-18)26(34)23-19(25(20)33)3-2-4-21(23)31/h2-8,13-14,31-32H,9-12,15H2,1H3. The van der Waals surface area contributed by atoms with Gasteiger partial charge >= 0.3 is 0 Å². The molecule has 188 valence electrons. The molecular weight excluding hydrogens is 508 g/mol. The van der Waals surface area contributed by atoms with Crippen LogP contribution in [0.4, 0.5) is 0 Å². The minimum absolute atomic E-state index is 0.0428. The van der Waals surface area contributed by atoms with Crippen molar-refractivity contribution >= 4 is 45.8 Å². The molecule has 0 radical (unpaired) electrons. The molecule has 1 aliphatic heterocycles. The van der Waals surface area contributed by atoms with Crippen molar-refractivity contribution in [2.24, 2.45) is 0 Å². The predicted molar refractivity (Wildman–Crippen MR) is 146 cm³/mol. The van der Waals surface area contributed by atoms with Gasteiger partial charge in [-0.25, -0.2) is 0 Å². The smallest absolute Gasteiger partial charge is 0.254 e. The van der Waals surface area contributed by atoms with E-state index >= 15 is 0 Å². The summed E-state index contributed by atoms with van der Waals surface area (Å²) in [6, 6.07) is 15.2. The molecule has 3 aromatic carbocycles. The third kappa shape index (κ3) is 4.72. The lowest BCUT2D eigenvalue weighted by atomic mass is 9.82. The molecule has 1 heterocycles. The van der Waals surface area contributed by atoms with E-state index in [9.17, 15) is 24.6 Å². The van der Waals surface area contributed by atoms with Crippen LogP contribution in [0, 0.1) is 6.92 Å². The summed E-state index contributed by atoms with van der Waals surface area (Å²) in [5.74, 6) is -1.51. The number of amides is 1. The number of thioether (sulfide) groups is 1. The largest absolute Gasteiger partial charge is 0.507 e. The Kier molecular flexibility index (Phi) is 6.74. The predicted octanol–water partition coefficient (Wildman–Crippen LogP) is 4.16. The highest BCUT2D eigenvalue weighted by Gasteiger charge is 2.35. The van der Waals surface area contributed by atoms with E-state index in [0.717, 1.165) is 10.1 Å². The number of aryl methyl sites for hydroxylation is 1. The van der Waals surface area contributed by atoms with Crippen LogP contribution in [-0.4, -0.2) is 68.0 Å². The van der Waals surface area contributed by atoms with Gasteiger partial charge in [0.25, 0.3) is 5.91 Å². The number of benzene rings is 3. The van der Waals surface area contributed by atoms with Crippen LogP contribution < -0.4 is 0 Å². The first-order chi connectivity index (χ1) is 17.7. The average Bonchev–Trinajstić information content (AvgIpc) is 2.90. The summed E-state index contributed by atoms with van der Waals surface area (Å²) in [6.45, 7) is 4.08. The molecule has 3 aromatic rings. The van der Waals surface area contributed by atoms with Crippen molar-refractivity contribution in [3.8, 4) is 11.5 Å². The van der Waals surface area contributed by atoms with E-state index in [4.69, 9.17) is 12.2 Å². The molecule has 0 unspecified atom stereocenters. The zero-order valence-corrected chi connectivity index (χ0v) is 21.7. The summed E-state index contributed by atoms with van der Waals surface area (Å²) in [6.07, 6.45) is 0. The summed E-state index contributed by atoms with van der Waals surface area (Å²) >= 11 is 7.21. The van der Waals surface area contributed by atoms with E-state index in [2.05, 4.69) is 36.1 Å². The Morgan fingerprint density at radius 1 is 0.865 bits per heavy atom. The number of phenols is 2. The second-order valence-electron chi connectivity index (χ2n) is 9.10. The van der Waals surface area contributed by atoms with E-state index < -0.39 is 17.3 Å². The number of rotatable bonds is 3. The maximum absolute atomic E-state index is 13.3. The van der Waals surface area contributed by atoms with Crippen LogP contribution in [0.2, 0.25) is 0 Å². The van der Waals surface area contributed by atoms with Gasteiger partial charge in [-0.1, -0.05) is 65.9 Å². The molecule has 5 rings (SSSR count). The summed E-state index contributed by atoms with van der Waals surface area (Å²) in [7, 11) is 0. The highest BCUT2D eigenvalue weighted by Crippen LogP contribution is 2.37. The Morgan fingerprint density at radius 2 is 1.51 bits per heavy atom. The normalized spacial score (nSPS) is 14.8. The van der Waals surface area contributed by atoms with Gasteiger partial charge in [-0.05, 0) is 30.7 Å². The van der Waals surface area contributed by atoms with Crippen molar-refractivity contribution in [3.63, 3.8) is 0 Å². The third-order valence-electron chi connectivity index (χ3n) is 6.66. The van der Waals surface area contributed by atoms with Gasteiger partial charge in [0.2, 0.25) is 5.78 Å². The molecular formula is C28H24N2O5S2. The number of fused-ring (bicyclic) bond motifs is 2. The average molecular weight is 533 g/mol. The van der Waals surface area contributed by atoms with Gasteiger partial charge in [-0.2, -0.15) is 0 Å². The number of ketones is 2. The molecule has 1 amide bonds. The molecule has 0 atom stereocenters. The number of carbonyl (C=O) groups excluding carboxylic acids is 3. The first-order valence-electron chi connectivity index (χ1n) is 11.8. The van der Waals surface area contributed by atoms with Gasteiger partial charge in [0.15, 0.2) is 5.78 Å². The highest BCUT2D eigenvalue weighted by molar-refractivity contribution is 8.22. The lowest BCUT2D eigenvalue weighted by Crippen LogP contribution is -2.49. The van der Waals surface area contributed by atoms with Crippen LogP contribution in [-0.2, 0) is 5.75 Å². The monoisotopic (exact) mass is 532 g/mol. The summed E-state index contributed by atoms with van der Waals surface area (Å²) in [5, 5.41) is 20.7. The molecule has 9 heteroatoms. The summed E-state index contributed by atoms with van der Waals surface area (Å²) in [5.41, 5.74) is 2.21. The van der Waals surface area contributed by atoms with Crippen LogP contribution in [0.1, 0.15) is 53.3 Å². The zero-order chi connectivity index (χ0) is 26.3. The van der Waals surface area contributed by atoms with Crippen LogP contribution in [0.5, 0.6) is 11.5 Å². The van der Waals surface area contributed by atoms with Gasteiger partial charge < -0.3 is 20.0 Å². The molecule has 0 aromatic heterocycles. The topological polar surface area (TPSA) is 98.2 Å². The first kappa shape index (κ1) is 25.0. The number of thiocarbonyl (C=S) groups is 1. The first-order valence-corrected chi connectivity index (χ1v) is 13.2. The third-order valence-corrected chi connectivity index (χ3v) is 8.25. The molecule has 0 bridgehead atoms. The number of nitrogens with zero attached hydrogens (tertiary/aromatic N) is 2. The molecule has 1 fully saturated rings. The van der Waals surface area contributed by atoms with Crippen LogP contribution in [0.25, 0.3) is 0 Å². The lowest BCUT2D eigenvalue weighted by molar-refractivity contribution is 0.0694. The minimum atomic E-state index is -0.649. The molecule has 0 saturated carbocycles. The highest BCUT2D eigenvalue weighted by atomic mass is 32.2. The molecule has 1 saturated heterocycles. The lowest BCUT2D eigenvalue weighted by Gasteiger charge is -2.36. The van der Waals surface area contributed by atoms with Crippen molar-refractivity contribution in [2.75, 3.05) is 26.2 Å². The number of hydrogen-bond acceptors (Lipinski definition) is 7. The number of hydrogen-bond donors (Lipinski definition) is 2. The van der Waals surface area contributed by atoms with E-state index in [1.54, 1.807) is 16.7 Å². The SMILES string of the molecule is Cc1ccc(CSC(=S)N2CCN(C(=O)c3cc(O)c4c(c3)C(=O)c3cccc(O)c3C4=O)CC2)cc1. The van der Waals surface area contributed by atoms with E-state index in [1.807, 2.05) is 0 Å². The Bertz CT molecular complexity index is 1440. The van der Waals surface area contributed by atoms with Crippen molar-refractivity contribution in [1.82, 2.24) is 9.80 Å². The molecule has 37 heavy (non-hydrogen) atoms. The Balaban J connectivity index is 1.27. The number of piperazine rings is 1.